The lowest BCUT2D eigenvalue weighted by molar-refractivity contribution is -0.384. The summed E-state index contributed by atoms with van der Waals surface area (Å²) in [5.74, 6) is -1.90. The summed E-state index contributed by atoms with van der Waals surface area (Å²) in [7, 11) is 0. The number of anilines is 2. The van der Waals surface area contributed by atoms with Crippen molar-refractivity contribution in [2.75, 3.05) is 9.96 Å². The number of amides is 2. The minimum Gasteiger partial charge on any atom is -0.273 e. The van der Waals surface area contributed by atoms with Crippen LogP contribution in [-0.2, 0) is 14.4 Å². The summed E-state index contributed by atoms with van der Waals surface area (Å²) >= 11 is 11.9. The zero-order chi connectivity index (χ0) is 23.3. The van der Waals surface area contributed by atoms with Gasteiger partial charge in [-0.15, -0.1) is 0 Å². The first-order valence-electron chi connectivity index (χ1n) is 9.95. The standard InChI is InChI=1S/C23H15Cl2N3O5/c24-14-7-9-15(10-8-14)26-22(29)19-20(13-6-11-17(25)18(12-13)28(31)32)27(33-21(19)23(26)30)16-4-2-1-3-5-16/h1-12,19-21H/t19-,20-,21-/m0/s1. The fraction of sp³-hybridized carbons (Fsp3) is 0.130. The first-order chi connectivity index (χ1) is 15.9. The number of nitro groups is 1. The Morgan fingerprint density at radius 3 is 2.24 bits per heavy atom. The molecule has 0 radical (unpaired) electrons. The van der Waals surface area contributed by atoms with Crippen LogP contribution in [0.3, 0.4) is 0 Å². The number of nitro benzene ring substituents is 1. The molecule has 3 aromatic carbocycles. The average molecular weight is 484 g/mol. The molecule has 0 unspecified atom stereocenters. The predicted octanol–water partition coefficient (Wildman–Crippen LogP) is 4.95. The van der Waals surface area contributed by atoms with E-state index in [1.54, 1.807) is 54.6 Å². The van der Waals surface area contributed by atoms with Gasteiger partial charge in [0.25, 0.3) is 11.6 Å². The average Bonchev–Trinajstić information content (AvgIpc) is 3.31. The van der Waals surface area contributed by atoms with Crippen LogP contribution in [0.2, 0.25) is 10.0 Å². The Morgan fingerprint density at radius 2 is 1.58 bits per heavy atom. The zero-order valence-electron chi connectivity index (χ0n) is 16.8. The number of nitrogens with zero attached hydrogens (tertiary/aromatic N) is 3. The summed E-state index contributed by atoms with van der Waals surface area (Å²) in [6, 6.07) is 18.8. The van der Waals surface area contributed by atoms with E-state index in [1.165, 1.54) is 17.2 Å². The summed E-state index contributed by atoms with van der Waals surface area (Å²) in [5, 5.41) is 13.4. The first-order valence-corrected chi connectivity index (χ1v) is 10.7. The maximum absolute atomic E-state index is 13.5. The Kier molecular flexibility index (Phi) is 5.28. The van der Waals surface area contributed by atoms with E-state index in [0.29, 0.717) is 22.0 Å². The smallest absolute Gasteiger partial charge is 0.273 e. The van der Waals surface area contributed by atoms with Gasteiger partial charge in [-0.05, 0) is 48.0 Å². The molecule has 2 aliphatic rings. The zero-order valence-corrected chi connectivity index (χ0v) is 18.3. The van der Waals surface area contributed by atoms with Gasteiger partial charge in [-0.2, -0.15) is 0 Å². The molecular weight excluding hydrogens is 469 g/mol. The minimum absolute atomic E-state index is 0.0258. The third-order valence-electron chi connectivity index (χ3n) is 5.72. The fourth-order valence-electron chi connectivity index (χ4n) is 4.25. The molecule has 5 rings (SSSR count). The second-order valence-corrected chi connectivity index (χ2v) is 8.46. The van der Waals surface area contributed by atoms with Crippen molar-refractivity contribution in [2.45, 2.75) is 12.1 Å². The van der Waals surface area contributed by atoms with Crippen LogP contribution in [0, 0.1) is 16.0 Å². The number of carbonyl (C=O) groups is 2. The Morgan fingerprint density at radius 1 is 0.879 bits per heavy atom. The molecule has 0 saturated carbocycles. The molecule has 2 saturated heterocycles. The van der Waals surface area contributed by atoms with Crippen LogP contribution in [0.1, 0.15) is 11.6 Å². The van der Waals surface area contributed by atoms with E-state index >= 15 is 0 Å². The van der Waals surface area contributed by atoms with Gasteiger partial charge < -0.3 is 0 Å². The van der Waals surface area contributed by atoms with Gasteiger partial charge in [0.15, 0.2) is 6.10 Å². The van der Waals surface area contributed by atoms with E-state index in [4.69, 9.17) is 28.0 Å². The summed E-state index contributed by atoms with van der Waals surface area (Å²) in [6.07, 6.45) is -1.09. The van der Waals surface area contributed by atoms with Crippen molar-refractivity contribution in [3.63, 3.8) is 0 Å². The van der Waals surface area contributed by atoms with Crippen LogP contribution >= 0.6 is 23.2 Å². The largest absolute Gasteiger partial charge is 0.288 e. The van der Waals surface area contributed by atoms with Crippen LogP contribution in [-0.4, -0.2) is 22.8 Å². The molecular formula is C23H15Cl2N3O5. The Labute approximate surface area is 198 Å². The fourth-order valence-corrected chi connectivity index (χ4v) is 4.56. The number of hydroxylamine groups is 1. The van der Waals surface area contributed by atoms with Crippen LogP contribution < -0.4 is 9.96 Å². The second kappa shape index (κ2) is 8.15. The molecule has 2 amide bonds. The number of rotatable bonds is 4. The Balaban J connectivity index is 1.61. The number of imide groups is 1. The maximum Gasteiger partial charge on any atom is 0.288 e. The Bertz CT molecular complexity index is 1270. The maximum atomic E-state index is 13.5. The number of halogens is 2. The van der Waals surface area contributed by atoms with Crippen molar-refractivity contribution in [3.05, 3.63) is 98.5 Å². The number of hydrogen-bond acceptors (Lipinski definition) is 6. The molecule has 0 aromatic heterocycles. The van der Waals surface area contributed by atoms with Gasteiger partial charge in [0.2, 0.25) is 5.91 Å². The van der Waals surface area contributed by atoms with Gasteiger partial charge in [0, 0.05) is 11.1 Å². The summed E-state index contributed by atoms with van der Waals surface area (Å²) in [6.45, 7) is 0. The number of carbonyl (C=O) groups excluding carboxylic acids is 2. The molecule has 10 heteroatoms. The molecule has 0 spiro atoms. The van der Waals surface area contributed by atoms with Crippen LogP contribution in [0.5, 0.6) is 0 Å². The highest BCUT2D eigenvalue weighted by Crippen LogP contribution is 2.48. The molecule has 0 N–H and O–H groups in total. The number of para-hydroxylation sites is 1. The topological polar surface area (TPSA) is 93.0 Å². The molecule has 3 aromatic rings. The van der Waals surface area contributed by atoms with E-state index < -0.39 is 34.8 Å². The predicted molar refractivity (Wildman–Crippen MR) is 122 cm³/mol. The highest BCUT2D eigenvalue weighted by Gasteiger charge is 2.60. The lowest BCUT2D eigenvalue weighted by Gasteiger charge is -2.28. The highest BCUT2D eigenvalue weighted by molar-refractivity contribution is 6.32. The van der Waals surface area contributed by atoms with Gasteiger partial charge in [-0.25, -0.2) is 9.96 Å². The third-order valence-corrected chi connectivity index (χ3v) is 6.29. The van der Waals surface area contributed by atoms with Crippen molar-refractivity contribution in [1.29, 1.82) is 0 Å². The van der Waals surface area contributed by atoms with Crippen molar-refractivity contribution >= 4 is 52.1 Å². The van der Waals surface area contributed by atoms with Crippen LogP contribution in [0.25, 0.3) is 0 Å². The van der Waals surface area contributed by atoms with E-state index in [2.05, 4.69) is 0 Å². The van der Waals surface area contributed by atoms with Crippen LogP contribution in [0.15, 0.2) is 72.8 Å². The van der Waals surface area contributed by atoms with Gasteiger partial charge in [0.05, 0.1) is 22.3 Å². The lowest BCUT2D eigenvalue weighted by atomic mass is 9.90. The molecule has 2 fully saturated rings. The van der Waals surface area contributed by atoms with Gasteiger partial charge >= 0.3 is 0 Å². The lowest BCUT2D eigenvalue weighted by Crippen LogP contribution is -2.37. The normalized spacial score (nSPS) is 22.1. The molecule has 166 valence electrons. The molecule has 33 heavy (non-hydrogen) atoms. The summed E-state index contributed by atoms with van der Waals surface area (Å²) < 4.78 is 0. The van der Waals surface area contributed by atoms with E-state index in [0.717, 1.165) is 4.90 Å². The molecule has 8 nitrogen and oxygen atoms in total. The second-order valence-electron chi connectivity index (χ2n) is 7.61. The van der Waals surface area contributed by atoms with Gasteiger partial charge in [0.1, 0.15) is 10.9 Å². The Hall–Kier alpha value is -3.46. The number of benzene rings is 3. The quantitative estimate of drug-likeness (QED) is 0.296. The summed E-state index contributed by atoms with van der Waals surface area (Å²) in [5.41, 5.74) is 1.12. The molecule has 2 heterocycles. The molecule has 2 aliphatic heterocycles. The third kappa shape index (κ3) is 3.52. The highest BCUT2D eigenvalue weighted by atomic mass is 35.5. The molecule has 0 aliphatic carbocycles. The monoisotopic (exact) mass is 483 g/mol. The van der Waals surface area contributed by atoms with Crippen molar-refractivity contribution in [1.82, 2.24) is 0 Å². The number of hydrogen-bond donors (Lipinski definition) is 0. The number of fused-ring (bicyclic) bond motifs is 1. The van der Waals surface area contributed by atoms with Crippen LogP contribution in [0.4, 0.5) is 17.1 Å². The molecule has 0 bridgehead atoms. The van der Waals surface area contributed by atoms with Gasteiger partial charge in [-0.1, -0.05) is 47.5 Å². The van der Waals surface area contributed by atoms with E-state index in [-0.39, 0.29) is 10.7 Å². The van der Waals surface area contributed by atoms with Crippen molar-refractivity contribution in [3.8, 4) is 0 Å². The minimum atomic E-state index is -1.09. The summed E-state index contributed by atoms with van der Waals surface area (Å²) in [4.78, 5) is 44.8. The van der Waals surface area contributed by atoms with Gasteiger partial charge in [-0.3, -0.25) is 24.5 Å². The van der Waals surface area contributed by atoms with Crippen molar-refractivity contribution in [2.24, 2.45) is 5.92 Å². The van der Waals surface area contributed by atoms with E-state index in [1.807, 2.05) is 6.07 Å². The van der Waals surface area contributed by atoms with Crippen molar-refractivity contribution < 1.29 is 19.3 Å². The molecule has 3 atom stereocenters. The van der Waals surface area contributed by atoms with E-state index in [9.17, 15) is 19.7 Å². The first kappa shape index (κ1) is 21.4. The SMILES string of the molecule is O=C1[C@@H]2[C@H](ON(c3ccccc3)[C@H]2c2ccc(Cl)c([N+](=O)[O-])c2)C(=O)N1c1ccc(Cl)cc1.